The lowest BCUT2D eigenvalue weighted by Gasteiger charge is -2.34. The van der Waals surface area contributed by atoms with Crippen LogP contribution in [0.25, 0.3) is 0 Å². The average Bonchev–Trinajstić information content (AvgIpc) is 3.19. The molecule has 10 heteroatoms. The lowest BCUT2D eigenvalue weighted by atomic mass is 9.98. The summed E-state index contributed by atoms with van der Waals surface area (Å²) in [5.41, 5.74) is 0.659. The Balaban J connectivity index is 1.84. The Hall–Kier alpha value is -3.14. The second kappa shape index (κ2) is 8.04. The standard InChI is InChI=1S/C17H20N4O6/c1-21(7-13-18-9-27-20-13)17(23)16-15(19-14(22)8-26-16)10-4-5-11(24-2)12(6-10)25-3/h4-6,9,15-16H,7-8H2,1-3H3,(H,19,22). The van der Waals surface area contributed by atoms with E-state index < -0.39 is 12.1 Å². The fourth-order valence-electron chi connectivity index (χ4n) is 2.84. The second-order valence-corrected chi connectivity index (χ2v) is 5.93. The Morgan fingerprint density at radius 3 is 2.78 bits per heavy atom. The summed E-state index contributed by atoms with van der Waals surface area (Å²) in [7, 11) is 4.64. The first kappa shape index (κ1) is 18.6. The molecule has 27 heavy (non-hydrogen) atoms. The minimum absolute atomic E-state index is 0.155. The van der Waals surface area contributed by atoms with Crippen molar-refractivity contribution in [3.63, 3.8) is 0 Å². The molecule has 0 saturated carbocycles. The minimum atomic E-state index is -0.905. The van der Waals surface area contributed by atoms with Crippen LogP contribution in [0.1, 0.15) is 17.4 Å². The number of ether oxygens (including phenoxy) is 3. The van der Waals surface area contributed by atoms with E-state index in [4.69, 9.17) is 14.2 Å². The van der Waals surface area contributed by atoms with Crippen molar-refractivity contribution in [3.8, 4) is 11.5 Å². The van der Waals surface area contributed by atoms with E-state index in [-0.39, 0.29) is 25.0 Å². The zero-order chi connectivity index (χ0) is 19.4. The summed E-state index contributed by atoms with van der Waals surface area (Å²) in [6, 6.07) is 4.49. The molecule has 2 amide bonds. The molecule has 0 aliphatic carbocycles. The number of methoxy groups -OCH3 is 2. The van der Waals surface area contributed by atoms with Gasteiger partial charge >= 0.3 is 0 Å². The maximum Gasteiger partial charge on any atom is 0.254 e. The van der Waals surface area contributed by atoms with E-state index in [0.29, 0.717) is 22.9 Å². The number of morpholine rings is 1. The van der Waals surface area contributed by atoms with Crippen molar-refractivity contribution in [2.75, 3.05) is 27.9 Å². The average molecular weight is 376 g/mol. The molecule has 2 aromatic rings. The Kier molecular flexibility index (Phi) is 5.55. The zero-order valence-electron chi connectivity index (χ0n) is 15.2. The first-order valence-corrected chi connectivity index (χ1v) is 8.16. The van der Waals surface area contributed by atoms with Crippen LogP contribution in [0, 0.1) is 0 Å². The molecule has 1 aromatic carbocycles. The fourth-order valence-corrected chi connectivity index (χ4v) is 2.84. The summed E-state index contributed by atoms with van der Waals surface area (Å²) in [6.07, 6.45) is 0.287. The van der Waals surface area contributed by atoms with Gasteiger partial charge in [0.15, 0.2) is 23.4 Å². The van der Waals surface area contributed by atoms with Crippen LogP contribution in [0.4, 0.5) is 0 Å². The molecule has 2 atom stereocenters. The molecule has 0 radical (unpaired) electrons. The summed E-state index contributed by atoms with van der Waals surface area (Å²) < 4.78 is 20.8. The van der Waals surface area contributed by atoms with Gasteiger partial charge in [0, 0.05) is 7.05 Å². The number of amides is 2. The second-order valence-electron chi connectivity index (χ2n) is 5.93. The molecule has 2 heterocycles. The van der Waals surface area contributed by atoms with Crippen molar-refractivity contribution in [1.29, 1.82) is 0 Å². The van der Waals surface area contributed by atoms with E-state index in [1.807, 2.05) is 0 Å². The highest BCUT2D eigenvalue weighted by atomic mass is 16.5. The third-order valence-corrected chi connectivity index (χ3v) is 4.19. The van der Waals surface area contributed by atoms with Crippen LogP contribution in [0.3, 0.4) is 0 Å². The highest BCUT2D eigenvalue weighted by molar-refractivity contribution is 5.86. The number of aromatic nitrogens is 2. The van der Waals surface area contributed by atoms with Gasteiger partial charge in [0.1, 0.15) is 6.61 Å². The molecule has 10 nitrogen and oxygen atoms in total. The predicted octanol–water partition coefficient (Wildman–Crippen LogP) is 0.302. The van der Waals surface area contributed by atoms with E-state index in [0.717, 1.165) is 0 Å². The van der Waals surface area contributed by atoms with Crippen molar-refractivity contribution in [1.82, 2.24) is 20.4 Å². The van der Waals surface area contributed by atoms with Crippen LogP contribution in [-0.2, 0) is 20.9 Å². The van der Waals surface area contributed by atoms with Crippen LogP contribution < -0.4 is 14.8 Å². The molecular weight excluding hydrogens is 356 g/mol. The van der Waals surface area contributed by atoms with Gasteiger partial charge in [-0.05, 0) is 17.7 Å². The molecule has 1 saturated heterocycles. The zero-order valence-corrected chi connectivity index (χ0v) is 15.2. The summed E-state index contributed by atoms with van der Waals surface area (Å²) >= 11 is 0. The number of benzene rings is 1. The van der Waals surface area contributed by atoms with Gasteiger partial charge in [0.05, 0.1) is 26.8 Å². The molecule has 1 aliphatic rings. The highest BCUT2D eigenvalue weighted by Gasteiger charge is 2.38. The van der Waals surface area contributed by atoms with Crippen molar-refractivity contribution in [2.45, 2.75) is 18.7 Å². The van der Waals surface area contributed by atoms with Gasteiger partial charge < -0.3 is 29.0 Å². The van der Waals surface area contributed by atoms with Crippen molar-refractivity contribution < 1.29 is 28.3 Å². The van der Waals surface area contributed by atoms with Crippen LogP contribution in [0.15, 0.2) is 29.1 Å². The SMILES string of the molecule is COc1ccc(C2NC(=O)COC2C(=O)N(C)Cc2ncon2)cc1OC. The Bertz CT molecular complexity index is 810. The van der Waals surface area contributed by atoms with Gasteiger partial charge in [-0.2, -0.15) is 4.98 Å². The fraction of sp³-hybridized carbons (Fsp3) is 0.412. The normalized spacial score (nSPS) is 19.3. The van der Waals surface area contributed by atoms with Crippen molar-refractivity contribution >= 4 is 11.8 Å². The van der Waals surface area contributed by atoms with Crippen LogP contribution in [0.2, 0.25) is 0 Å². The number of rotatable bonds is 6. The van der Waals surface area contributed by atoms with E-state index >= 15 is 0 Å². The summed E-state index contributed by atoms with van der Waals surface area (Å²) in [4.78, 5) is 30.1. The Morgan fingerprint density at radius 2 is 2.11 bits per heavy atom. The van der Waals surface area contributed by atoms with Crippen LogP contribution in [0.5, 0.6) is 11.5 Å². The van der Waals surface area contributed by atoms with E-state index in [1.165, 1.54) is 25.5 Å². The first-order valence-electron chi connectivity index (χ1n) is 8.16. The number of hydrogen-bond acceptors (Lipinski definition) is 8. The summed E-state index contributed by atoms with van der Waals surface area (Å²) in [6.45, 7) is -0.0436. The smallest absolute Gasteiger partial charge is 0.254 e. The largest absolute Gasteiger partial charge is 0.493 e. The van der Waals surface area contributed by atoms with Gasteiger partial charge in [-0.25, -0.2) is 0 Å². The van der Waals surface area contributed by atoms with Gasteiger partial charge in [-0.15, -0.1) is 0 Å². The topological polar surface area (TPSA) is 116 Å². The van der Waals surface area contributed by atoms with Gasteiger partial charge in [0.25, 0.3) is 5.91 Å². The monoisotopic (exact) mass is 376 g/mol. The number of nitrogens with zero attached hydrogens (tertiary/aromatic N) is 3. The third kappa shape index (κ3) is 4.00. The number of nitrogens with one attached hydrogen (secondary N) is 1. The maximum absolute atomic E-state index is 12.9. The van der Waals surface area contributed by atoms with E-state index in [1.54, 1.807) is 25.2 Å². The molecular formula is C17H20N4O6. The quantitative estimate of drug-likeness (QED) is 0.765. The molecule has 1 fully saturated rings. The summed E-state index contributed by atoms with van der Waals surface area (Å²) in [5, 5.41) is 6.50. The Labute approximate surface area is 155 Å². The molecule has 0 bridgehead atoms. The molecule has 1 aromatic heterocycles. The van der Waals surface area contributed by atoms with Crippen LogP contribution >= 0.6 is 0 Å². The molecule has 0 spiro atoms. The van der Waals surface area contributed by atoms with E-state index in [2.05, 4.69) is 20.0 Å². The molecule has 2 unspecified atom stereocenters. The lowest BCUT2D eigenvalue weighted by Crippen LogP contribution is -2.52. The Morgan fingerprint density at radius 1 is 1.33 bits per heavy atom. The van der Waals surface area contributed by atoms with Gasteiger partial charge in [-0.1, -0.05) is 11.2 Å². The lowest BCUT2D eigenvalue weighted by molar-refractivity contribution is -0.154. The molecule has 144 valence electrons. The number of hydrogen-bond donors (Lipinski definition) is 1. The van der Waals surface area contributed by atoms with Gasteiger partial charge in [0.2, 0.25) is 12.3 Å². The molecule has 1 N–H and O–H groups in total. The maximum atomic E-state index is 12.9. The van der Waals surface area contributed by atoms with E-state index in [9.17, 15) is 9.59 Å². The minimum Gasteiger partial charge on any atom is -0.493 e. The summed E-state index contributed by atoms with van der Waals surface area (Å²) in [5.74, 6) is 0.773. The predicted molar refractivity (Wildman–Crippen MR) is 90.9 cm³/mol. The number of carbonyl (C=O) groups is 2. The molecule has 3 rings (SSSR count). The van der Waals surface area contributed by atoms with Crippen molar-refractivity contribution in [3.05, 3.63) is 36.0 Å². The third-order valence-electron chi connectivity index (χ3n) is 4.19. The molecule has 1 aliphatic heterocycles. The number of carbonyl (C=O) groups excluding carboxylic acids is 2. The first-order chi connectivity index (χ1) is 13.0. The highest BCUT2D eigenvalue weighted by Crippen LogP contribution is 2.32. The van der Waals surface area contributed by atoms with Gasteiger partial charge in [-0.3, -0.25) is 9.59 Å². The van der Waals surface area contributed by atoms with Crippen LogP contribution in [-0.4, -0.2) is 60.8 Å². The van der Waals surface area contributed by atoms with Crippen molar-refractivity contribution in [2.24, 2.45) is 0 Å². The number of likely N-dealkylation sites (N-methyl/N-ethyl adjacent to an activating group) is 1.